The highest BCUT2D eigenvalue weighted by Crippen LogP contribution is 2.31. The molecule has 2 rings (SSSR count). The smallest absolute Gasteiger partial charge is 0.210 e. The van der Waals surface area contributed by atoms with Crippen molar-refractivity contribution in [3.8, 4) is 0 Å². The molecule has 0 radical (unpaired) electrons. The number of rotatable bonds is 2. The predicted octanol–water partition coefficient (Wildman–Crippen LogP) is 1.27. The average Bonchev–Trinajstić information content (AvgIpc) is 2.65. The minimum Gasteiger partial charge on any atom is -0.384 e. The topological polar surface area (TPSA) is 59.2 Å². The molecule has 1 saturated heterocycles. The lowest BCUT2D eigenvalue weighted by molar-refractivity contribution is -0.118. The third-order valence-corrected chi connectivity index (χ3v) is 2.94. The normalized spacial score (nSPS) is 20.6. The lowest BCUT2D eigenvalue weighted by Crippen LogP contribution is -2.22. The van der Waals surface area contributed by atoms with E-state index >= 15 is 0 Å². The van der Waals surface area contributed by atoms with Crippen LogP contribution in [0.1, 0.15) is 30.1 Å². The summed E-state index contributed by atoms with van der Waals surface area (Å²) in [7, 11) is 0. The molecule has 1 aromatic rings. The van der Waals surface area contributed by atoms with Crippen molar-refractivity contribution >= 4 is 12.2 Å². The largest absolute Gasteiger partial charge is 0.384 e. The van der Waals surface area contributed by atoms with Gasteiger partial charge in [-0.3, -0.25) is 4.79 Å². The number of hydrogen-bond donors (Lipinski definition) is 1. The third-order valence-electron chi connectivity index (χ3n) is 2.94. The van der Waals surface area contributed by atoms with Crippen molar-refractivity contribution in [3.63, 3.8) is 0 Å². The molecule has 1 aliphatic rings. The predicted molar refractivity (Wildman–Crippen MR) is 58.1 cm³/mol. The SMILES string of the molecule is Cc1nc(N)ccc1[C@@H]1CCCN1C=O. The lowest BCUT2D eigenvalue weighted by atomic mass is 10.0. The van der Waals surface area contributed by atoms with Crippen LogP contribution in [0.15, 0.2) is 12.1 Å². The summed E-state index contributed by atoms with van der Waals surface area (Å²) in [5.74, 6) is 0.534. The van der Waals surface area contributed by atoms with Crippen LogP contribution in [0.5, 0.6) is 0 Å². The second kappa shape index (κ2) is 3.88. The minimum atomic E-state index is 0.190. The van der Waals surface area contributed by atoms with Gasteiger partial charge < -0.3 is 10.6 Å². The van der Waals surface area contributed by atoms with Crippen molar-refractivity contribution in [3.05, 3.63) is 23.4 Å². The number of nitrogens with two attached hydrogens (primary N) is 1. The van der Waals surface area contributed by atoms with E-state index in [1.54, 1.807) is 6.07 Å². The van der Waals surface area contributed by atoms with Gasteiger partial charge in [-0.15, -0.1) is 0 Å². The van der Waals surface area contributed by atoms with Crippen LogP contribution >= 0.6 is 0 Å². The maximum Gasteiger partial charge on any atom is 0.210 e. The first-order valence-corrected chi connectivity index (χ1v) is 5.16. The molecule has 0 aromatic carbocycles. The van der Waals surface area contributed by atoms with Gasteiger partial charge in [-0.1, -0.05) is 6.07 Å². The number of carbonyl (C=O) groups excluding carboxylic acids is 1. The number of nitrogen functional groups attached to an aromatic ring is 1. The molecule has 0 aliphatic carbocycles. The van der Waals surface area contributed by atoms with Gasteiger partial charge in [0.1, 0.15) is 5.82 Å². The summed E-state index contributed by atoms with van der Waals surface area (Å²) in [6.45, 7) is 2.78. The molecule has 4 heteroatoms. The number of amides is 1. The Morgan fingerprint density at radius 1 is 1.60 bits per heavy atom. The highest BCUT2D eigenvalue weighted by molar-refractivity contribution is 5.50. The Morgan fingerprint density at radius 2 is 2.40 bits per heavy atom. The van der Waals surface area contributed by atoms with Crippen molar-refractivity contribution in [2.45, 2.75) is 25.8 Å². The fraction of sp³-hybridized carbons (Fsp3) is 0.455. The third kappa shape index (κ3) is 1.79. The molecule has 0 unspecified atom stereocenters. The van der Waals surface area contributed by atoms with Crippen LogP contribution in [0.3, 0.4) is 0 Å². The van der Waals surface area contributed by atoms with Gasteiger partial charge in [0, 0.05) is 12.2 Å². The maximum absolute atomic E-state index is 10.8. The zero-order valence-corrected chi connectivity index (χ0v) is 8.81. The van der Waals surface area contributed by atoms with Crippen LogP contribution in [0, 0.1) is 6.92 Å². The van der Waals surface area contributed by atoms with E-state index in [-0.39, 0.29) is 6.04 Å². The van der Waals surface area contributed by atoms with Gasteiger partial charge in [-0.05, 0) is 31.4 Å². The van der Waals surface area contributed by atoms with Gasteiger partial charge in [0.2, 0.25) is 6.41 Å². The van der Waals surface area contributed by atoms with Crippen LogP contribution in [0.2, 0.25) is 0 Å². The van der Waals surface area contributed by atoms with Crippen LogP contribution in [-0.2, 0) is 4.79 Å². The first-order valence-electron chi connectivity index (χ1n) is 5.16. The van der Waals surface area contributed by atoms with Gasteiger partial charge in [-0.2, -0.15) is 0 Å². The highest BCUT2D eigenvalue weighted by Gasteiger charge is 2.25. The molecular weight excluding hydrogens is 190 g/mol. The van der Waals surface area contributed by atoms with E-state index in [2.05, 4.69) is 4.98 Å². The van der Waals surface area contributed by atoms with Crippen LogP contribution in [0.4, 0.5) is 5.82 Å². The summed E-state index contributed by atoms with van der Waals surface area (Å²) < 4.78 is 0. The van der Waals surface area contributed by atoms with Gasteiger partial charge in [0.25, 0.3) is 0 Å². The Hall–Kier alpha value is -1.58. The molecular formula is C11H15N3O. The van der Waals surface area contributed by atoms with Gasteiger partial charge in [-0.25, -0.2) is 4.98 Å². The summed E-state index contributed by atoms with van der Waals surface area (Å²) in [6.07, 6.45) is 3.01. The summed E-state index contributed by atoms with van der Waals surface area (Å²) in [5.41, 5.74) is 7.64. The zero-order chi connectivity index (χ0) is 10.8. The van der Waals surface area contributed by atoms with Crippen molar-refractivity contribution in [1.82, 2.24) is 9.88 Å². The van der Waals surface area contributed by atoms with Crippen LogP contribution < -0.4 is 5.73 Å². The number of pyridine rings is 1. The molecule has 0 spiro atoms. The van der Waals surface area contributed by atoms with Crippen molar-refractivity contribution < 1.29 is 4.79 Å². The molecule has 0 saturated carbocycles. The maximum atomic E-state index is 10.8. The number of nitrogens with zero attached hydrogens (tertiary/aromatic N) is 2. The number of carbonyl (C=O) groups is 1. The monoisotopic (exact) mass is 205 g/mol. The molecule has 2 heterocycles. The van der Waals surface area contributed by atoms with Crippen LogP contribution in [0.25, 0.3) is 0 Å². The molecule has 1 atom stereocenters. The van der Waals surface area contributed by atoms with E-state index in [0.717, 1.165) is 37.1 Å². The number of aryl methyl sites for hydroxylation is 1. The Bertz CT molecular complexity index is 378. The number of anilines is 1. The van der Waals surface area contributed by atoms with E-state index < -0.39 is 0 Å². The first kappa shape index (κ1) is 9.96. The molecule has 1 aliphatic heterocycles. The van der Waals surface area contributed by atoms with Gasteiger partial charge in [0.05, 0.1) is 6.04 Å². The molecule has 1 fully saturated rings. The summed E-state index contributed by atoms with van der Waals surface area (Å²) >= 11 is 0. The van der Waals surface area contributed by atoms with Gasteiger partial charge >= 0.3 is 0 Å². The van der Waals surface area contributed by atoms with Gasteiger partial charge in [0.15, 0.2) is 0 Å². The summed E-state index contributed by atoms with van der Waals surface area (Å²) in [4.78, 5) is 16.9. The zero-order valence-electron chi connectivity index (χ0n) is 8.81. The second-order valence-electron chi connectivity index (χ2n) is 3.91. The van der Waals surface area contributed by atoms with E-state index in [0.29, 0.717) is 5.82 Å². The van der Waals surface area contributed by atoms with Crippen molar-refractivity contribution in [2.75, 3.05) is 12.3 Å². The molecule has 0 bridgehead atoms. The average molecular weight is 205 g/mol. The molecule has 4 nitrogen and oxygen atoms in total. The molecule has 1 aromatic heterocycles. The Kier molecular flexibility index (Phi) is 2.58. The molecule has 15 heavy (non-hydrogen) atoms. The second-order valence-corrected chi connectivity index (χ2v) is 3.91. The quantitative estimate of drug-likeness (QED) is 0.739. The Morgan fingerprint density at radius 3 is 3.07 bits per heavy atom. The minimum absolute atomic E-state index is 0.190. The molecule has 1 amide bonds. The van der Waals surface area contributed by atoms with E-state index in [4.69, 9.17) is 5.73 Å². The van der Waals surface area contributed by atoms with E-state index in [1.165, 1.54) is 0 Å². The molecule has 2 N–H and O–H groups in total. The number of hydrogen-bond acceptors (Lipinski definition) is 3. The first-order chi connectivity index (χ1) is 7.22. The van der Waals surface area contributed by atoms with Crippen molar-refractivity contribution in [1.29, 1.82) is 0 Å². The lowest BCUT2D eigenvalue weighted by Gasteiger charge is -2.21. The fourth-order valence-corrected chi connectivity index (χ4v) is 2.19. The summed E-state index contributed by atoms with van der Waals surface area (Å²) in [6, 6.07) is 3.96. The van der Waals surface area contributed by atoms with E-state index in [9.17, 15) is 4.79 Å². The number of aromatic nitrogens is 1. The highest BCUT2D eigenvalue weighted by atomic mass is 16.1. The standard InChI is InChI=1S/C11H15N3O/c1-8-9(4-5-11(12)13-8)10-3-2-6-14(10)7-15/h4-5,7,10H,2-3,6H2,1H3,(H2,12,13)/t10-/m0/s1. The fourth-order valence-electron chi connectivity index (χ4n) is 2.19. The summed E-state index contributed by atoms with van der Waals surface area (Å²) in [5, 5.41) is 0. The Labute approximate surface area is 89.1 Å². The molecule has 80 valence electrons. The number of likely N-dealkylation sites (tertiary alicyclic amines) is 1. The van der Waals surface area contributed by atoms with E-state index in [1.807, 2.05) is 17.9 Å². The Balaban J connectivity index is 2.32. The van der Waals surface area contributed by atoms with Crippen molar-refractivity contribution in [2.24, 2.45) is 0 Å². The van der Waals surface area contributed by atoms with Crippen LogP contribution in [-0.4, -0.2) is 22.8 Å².